The van der Waals surface area contributed by atoms with E-state index in [-0.39, 0.29) is 6.61 Å². The van der Waals surface area contributed by atoms with Crippen LogP contribution in [0.5, 0.6) is 5.88 Å². The van der Waals surface area contributed by atoms with Gasteiger partial charge in [-0.3, -0.25) is 4.68 Å². The van der Waals surface area contributed by atoms with Gasteiger partial charge in [0.05, 0.1) is 17.1 Å². The number of ether oxygens (including phenoxy) is 1. The van der Waals surface area contributed by atoms with E-state index in [0.29, 0.717) is 11.6 Å². The van der Waals surface area contributed by atoms with Crippen LogP contribution in [-0.2, 0) is 13.7 Å². The first-order valence-electron chi connectivity index (χ1n) is 9.15. The van der Waals surface area contributed by atoms with Gasteiger partial charge >= 0.3 is 5.69 Å². The zero-order valence-electron chi connectivity index (χ0n) is 16.7. The molecule has 0 fully saturated rings. The molecule has 4 aromatic rings. The zero-order chi connectivity index (χ0) is 20.5. The Balaban J connectivity index is 1.65. The van der Waals surface area contributed by atoms with Gasteiger partial charge in [-0.05, 0) is 48.9 Å². The number of benzene rings is 1. The highest BCUT2D eigenvalue weighted by Crippen LogP contribution is 2.27. The summed E-state index contributed by atoms with van der Waals surface area (Å²) in [6, 6.07) is 11.3. The summed E-state index contributed by atoms with van der Waals surface area (Å²) >= 11 is 0. The van der Waals surface area contributed by atoms with Crippen LogP contribution in [-0.4, -0.2) is 35.0 Å². The normalized spacial score (nSPS) is 11.0. The molecule has 0 amide bonds. The summed E-state index contributed by atoms with van der Waals surface area (Å²) in [6.07, 6.45) is 0. The van der Waals surface area contributed by atoms with Crippen molar-refractivity contribution in [3.8, 4) is 22.8 Å². The Morgan fingerprint density at radius 2 is 1.90 bits per heavy atom. The lowest BCUT2D eigenvalue weighted by molar-refractivity contribution is 0.293. The van der Waals surface area contributed by atoms with Crippen LogP contribution in [0.2, 0.25) is 0 Å². The van der Waals surface area contributed by atoms with E-state index >= 15 is 0 Å². The Morgan fingerprint density at radius 1 is 1.10 bits per heavy atom. The van der Waals surface area contributed by atoms with Crippen molar-refractivity contribution in [1.82, 2.24) is 35.0 Å². The van der Waals surface area contributed by atoms with Crippen molar-refractivity contribution in [2.45, 2.75) is 27.4 Å². The van der Waals surface area contributed by atoms with E-state index in [0.717, 1.165) is 33.8 Å². The highest BCUT2D eigenvalue weighted by atomic mass is 16.5. The molecule has 0 radical (unpaired) electrons. The monoisotopic (exact) mass is 391 g/mol. The summed E-state index contributed by atoms with van der Waals surface area (Å²) in [5, 5.41) is 14.2. The molecule has 29 heavy (non-hydrogen) atoms. The highest BCUT2D eigenvalue weighted by molar-refractivity contribution is 5.65. The van der Waals surface area contributed by atoms with Crippen LogP contribution < -0.4 is 10.4 Å². The maximum atomic E-state index is 11.9. The van der Waals surface area contributed by atoms with Crippen molar-refractivity contribution in [3.05, 3.63) is 69.4 Å². The van der Waals surface area contributed by atoms with Gasteiger partial charge < -0.3 is 4.74 Å². The number of nitrogens with one attached hydrogen (secondary N) is 1. The molecule has 0 saturated carbocycles. The van der Waals surface area contributed by atoms with Crippen molar-refractivity contribution in [2.75, 3.05) is 0 Å². The highest BCUT2D eigenvalue weighted by Gasteiger charge is 2.15. The number of tetrazole rings is 1. The topological polar surface area (TPSA) is 104 Å². The lowest BCUT2D eigenvalue weighted by atomic mass is 10.1. The van der Waals surface area contributed by atoms with E-state index in [1.54, 1.807) is 0 Å². The van der Waals surface area contributed by atoms with E-state index in [4.69, 9.17) is 4.74 Å². The quantitative estimate of drug-likeness (QED) is 0.560. The maximum Gasteiger partial charge on any atom is 0.365 e. The molecule has 1 N–H and O–H groups in total. The largest absolute Gasteiger partial charge is 0.473 e. The molecule has 4 rings (SSSR count). The fraction of sp³-hybridized carbons (Fsp3) is 0.250. The SMILES string of the molecule is Cc1cccc(-n2nn[nH]c2=O)c1COc1cccc(-c2c(C)nn(C)c2C)n1. The summed E-state index contributed by atoms with van der Waals surface area (Å²) in [7, 11) is 1.91. The van der Waals surface area contributed by atoms with E-state index in [1.807, 2.05) is 68.9 Å². The van der Waals surface area contributed by atoms with Gasteiger partial charge in [-0.15, -0.1) is 0 Å². The molecule has 1 aromatic carbocycles. The average Bonchev–Trinajstić information content (AvgIpc) is 3.23. The zero-order valence-corrected chi connectivity index (χ0v) is 16.7. The molecule has 148 valence electrons. The number of hydrogen-bond donors (Lipinski definition) is 1. The number of aryl methyl sites for hydroxylation is 3. The molecule has 0 bridgehead atoms. The summed E-state index contributed by atoms with van der Waals surface area (Å²) < 4.78 is 9.05. The average molecular weight is 391 g/mol. The molecule has 3 heterocycles. The third kappa shape index (κ3) is 3.42. The molecule has 0 saturated heterocycles. The van der Waals surface area contributed by atoms with E-state index in [9.17, 15) is 4.79 Å². The second-order valence-corrected chi connectivity index (χ2v) is 6.81. The predicted octanol–water partition coefficient (Wildman–Crippen LogP) is 2.26. The second-order valence-electron chi connectivity index (χ2n) is 6.81. The van der Waals surface area contributed by atoms with Gasteiger partial charge in [0, 0.05) is 29.9 Å². The van der Waals surface area contributed by atoms with Crippen LogP contribution in [0, 0.1) is 20.8 Å². The first kappa shape index (κ1) is 18.6. The smallest absolute Gasteiger partial charge is 0.365 e. The molecule has 0 unspecified atom stereocenters. The molecule has 0 atom stereocenters. The molecule has 9 nitrogen and oxygen atoms in total. The number of hydrogen-bond acceptors (Lipinski definition) is 6. The number of pyridine rings is 1. The summed E-state index contributed by atoms with van der Waals surface area (Å²) in [4.78, 5) is 16.6. The van der Waals surface area contributed by atoms with Crippen molar-refractivity contribution in [1.29, 1.82) is 0 Å². The molecule has 0 aliphatic rings. The third-order valence-electron chi connectivity index (χ3n) is 4.94. The Hall–Kier alpha value is -3.75. The van der Waals surface area contributed by atoms with E-state index in [1.165, 1.54) is 4.68 Å². The van der Waals surface area contributed by atoms with Crippen LogP contribution in [0.1, 0.15) is 22.5 Å². The summed E-state index contributed by atoms with van der Waals surface area (Å²) in [6.45, 7) is 6.18. The molecule has 9 heteroatoms. The summed E-state index contributed by atoms with van der Waals surface area (Å²) in [5.41, 5.74) is 5.81. The van der Waals surface area contributed by atoms with Gasteiger partial charge in [0.25, 0.3) is 0 Å². The van der Waals surface area contributed by atoms with Gasteiger partial charge in [-0.2, -0.15) is 9.78 Å². The molecule has 0 spiro atoms. The Labute approximate surface area is 167 Å². The van der Waals surface area contributed by atoms with Gasteiger partial charge in [-0.25, -0.2) is 14.9 Å². The van der Waals surface area contributed by atoms with E-state index < -0.39 is 5.69 Å². The van der Waals surface area contributed by atoms with Crippen molar-refractivity contribution in [3.63, 3.8) is 0 Å². The molecule has 3 aromatic heterocycles. The molecule has 0 aliphatic carbocycles. The number of rotatable bonds is 5. The predicted molar refractivity (Wildman–Crippen MR) is 107 cm³/mol. The first-order chi connectivity index (χ1) is 14.0. The van der Waals surface area contributed by atoms with Crippen molar-refractivity contribution < 1.29 is 4.74 Å². The minimum Gasteiger partial charge on any atom is -0.473 e. The van der Waals surface area contributed by atoms with Crippen molar-refractivity contribution in [2.24, 2.45) is 7.05 Å². The third-order valence-corrected chi connectivity index (χ3v) is 4.94. The summed E-state index contributed by atoms with van der Waals surface area (Å²) in [5.74, 6) is 0.492. The van der Waals surface area contributed by atoms with Crippen LogP contribution >= 0.6 is 0 Å². The number of nitrogens with zero attached hydrogens (tertiary/aromatic N) is 6. The fourth-order valence-corrected chi connectivity index (χ4v) is 3.35. The minimum atomic E-state index is -0.403. The van der Waals surface area contributed by atoms with Crippen LogP contribution in [0.15, 0.2) is 41.2 Å². The van der Waals surface area contributed by atoms with Crippen molar-refractivity contribution >= 4 is 0 Å². The van der Waals surface area contributed by atoms with Gasteiger partial charge in [0.2, 0.25) is 5.88 Å². The molecular weight excluding hydrogens is 370 g/mol. The van der Waals surface area contributed by atoms with Gasteiger partial charge in [0.1, 0.15) is 6.61 Å². The first-order valence-corrected chi connectivity index (χ1v) is 9.15. The Bertz CT molecular complexity index is 1240. The second kappa shape index (κ2) is 7.34. The lowest BCUT2D eigenvalue weighted by Gasteiger charge is -2.13. The van der Waals surface area contributed by atoms with E-state index in [2.05, 4.69) is 25.6 Å². The number of H-pyrrole nitrogens is 1. The minimum absolute atomic E-state index is 0.239. The standard InChI is InChI=1S/C20H21N7O2/c1-12-7-5-9-17(27-20(28)22-24-25-27)15(12)11-29-18-10-6-8-16(21-18)19-13(2)23-26(4)14(19)3/h5-10H,11H2,1-4H3,(H,22,25,28). The fourth-order valence-electron chi connectivity index (χ4n) is 3.35. The molecular formula is C20H21N7O2. The Morgan fingerprint density at radius 3 is 2.59 bits per heavy atom. The van der Waals surface area contributed by atoms with Crippen LogP contribution in [0.3, 0.4) is 0 Å². The Kier molecular flexibility index (Phi) is 4.71. The van der Waals surface area contributed by atoms with Crippen LogP contribution in [0.4, 0.5) is 0 Å². The maximum absolute atomic E-state index is 11.9. The van der Waals surface area contributed by atoms with Gasteiger partial charge in [0.15, 0.2) is 0 Å². The number of aromatic nitrogens is 7. The molecule has 0 aliphatic heterocycles. The van der Waals surface area contributed by atoms with Crippen LogP contribution in [0.25, 0.3) is 16.9 Å². The van der Waals surface area contributed by atoms with Gasteiger partial charge in [-0.1, -0.05) is 18.2 Å². The lowest BCUT2D eigenvalue weighted by Crippen LogP contribution is -2.18. The number of aromatic amines is 1.